The van der Waals surface area contributed by atoms with E-state index in [1.54, 1.807) is 0 Å². The zero-order valence-corrected chi connectivity index (χ0v) is 17.8. The highest BCUT2D eigenvalue weighted by molar-refractivity contribution is 5.80. The molecule has 3 unspecified atom stereocenters. The molecule has 1 N–H and O–H groups in total. The monoisotopic (exact) mass is 400 g/mol. The fraction of sp³-hybridized carbons (Fsp3) is 0.696. The lowest BCUT2D eigenvalue weighted by Crippen LogP contribution is -2.53. The van der Waals surface area contributed by atoms with Crippen molar-refractivity contribution in [3.8, 4) is 0 Å². The molecule has 0 saturated carbocycles. The molecule has 3 aliphatic rings. The first-order valence-electron chi connectivity index (χ1n) is 11.4. The molecule has 160 valence electrons. The Morgan fingerprint density at radius 3 is 2.72 bits per heavy atom. The number of hydrogen-bond acceptors (Lipinski definition) is 4. The van der Waals surface area contributed by atoms with E-state index in [9.17, 15) is 0 Å². The Morgan fingerprint density at radius 1 is 1.07 bits per heavy atom. The number of nitrogens with zero attached hydrogens (tertiary/aromatic N) is 3. The van der Waals surface area contributed by atoms with Gasteiger partial charge in [-0.3, -0.25) is 9.89 Å². The van der Waals surface area contributed by atoms with Crippen molar-refractivity contribution in [2.24, 2.45) is 4.99 Å². The summed E-state index contributed by atoms with van der Waals surface area (Å²) in [4.78, 5) is 10.0. The van der Waals surface area contributed by atoms with Gasteiger partial charge in [0.05, 0.1) is 19.3 Å². The number of rotatable bonds is 6. The van der Waals surface area contributed by atoms with Crippen molar-refractivity contribution in [3.63, 3.8) is 0 Å². The molecule has 1 aromatic rings. The Bertz CT molecular complexity index is 648. The number of hydrogen-bond donors (Lipinski definition) is 1. The van der Waals surface area contributed by atoms with Crippen LogP contribution in [0.3, 0.4) is 0 Å². The Labute approximate surface area is 175 Å². The molecule has 0 aromatic heterocycles. The van der Waals surface area contributed by atoms with Crippen molar-refractivity contribution in [1.82, 2.24) is 15.1 Å². The van der Waals surface area contributed by atoms with E-state index in [1.165, 1.54) is 24.9 Å². The summed E-state index contributed by atoms with van der Waals surface area (Å²) >= 11 is 0. The molecule has 3 heterocycles. The molecule has 0 spiro atoms. The Kier molecular flexibility index (Phi) is 7.41. The lowest BCUT2D eigenvalue weighted by atomic mass is 10.1. The van der Waals surface area contributed by atoms with Crippen molar-refractivity contribution in [3.05, 3.63) is 35.9 Å². The lowest BCUT2D eigenvalue weighted by molar-refractivity contribution is -0.0817. The fourth-order valence-electron chi connectivity index (χ4n) is 4.73. The average molecular weight is 401 g/mol. The number of nitrogens with one attached hydrogen (secondary N) is 1. The molecular weight excluding hydrogens is 364 g/mol. The van der Waals surface area contributed by atoms with E-state index < -0.39 is 0 Å². The third-order valence-electron chi connectivity index (χ3n) is 6.29. The molecule has 29 heavy (non-hydrogen) atoms. The number of benzene rings is 1. The van der Waals surface area contributed by atoms with Gasteiger partial charge in [0.1, 0.15) is 6.10 Å². The third-order valence-corrected chi connectivity index (χ3v) is 6.29. The SMILES string of the molecule is CCNC(=NCC1CCCN1Cc1ccccc1)N1CCOC(C2CCCO2)C1. The molecule has 3 aliphatic heterocycles. The van der Waals surface area contributed by atoms with Gasteiger partial charge in [-0.05, 0) is 44.7 Å². The highest BCUT2D eigenvalue weighted by atomic mass is 16.5. The molecule has 0 bridgehead atoms. The summed E-state index contributed by atoms with van der Waals surface area (Å²) in [5.41, 5.74) is 1.39. The molecule has 4 rings (SSSR count). The summed E-state index contributed by atoms with van der Waals surface area (Å²) in [6.07, 6.45) is 5.17. The summed E-state index contributed by atoms with van der Waals surface area (Å²) in [6, 6.07) is 11.3. The second-order valence-electron chi connectivity index (χ2n) is 8.35. The minimum absolute atomic E-state index is 0.163. The number of aliphatic imine (C=N–C) groups is 1. The van der Waals surface area contributed by atoms with Gasteiger partial charge in [0.2, 0.25) is 0 Å². The Morgan fingerprint density at radius 2 is 1.93 bits per heavy atom. The maximum atomic E-state index is 6.02. The second kappa shape index (κ2) is 10.4. The van der Waals surface area contributed by atoms with Gasteiger partial charge in [-0.2, -0.15) is 0 Å². The van der Waals surface area contributed by atoms with Crippen LogP contribution in [0.5, 0.6) is 0 Å². The third kappa shape index (κ3) is 5.50. The highest BCUT2D eigenvalue weighted by Crippen LogP contribution is 2.22. The summed E-state index contributed by atoms with van der Waals surface area (Å²) in [5, 5.41) is 3.51. The minimum atomic E-state index is 0.163. The summed E-state index contributed by atoms with van der Waals surface area (Å²) < 4.78 is 11.9. The number of likely N-dealkylation sites (tertiary alicyclic amines) is 1. The van der Waals surface area contributed by atoms with E-state index >= 15 is 0 Å². The van der Waals surface area contributed by atoms with E-state index in [0.29, 0.717) is 6.04 Å². The van der Waals surface area contributed by atoms with Crippen molar-refractivity contribution in [1.29, 1.82) is 0 Å². The quantitative estimate of drug-likeness (QED) is 0.587. The standard InChI is InChI=1S/C23H36N4O2/c1-2-24-23(27-13-15-29-22(18-27)21-11-7-14-28-21)25-16-20-10-6-12-26(20)17-19-8-4-3-5-9-19/h3-5,8-9,20-22H,2,6-7,10-18H2,1H3,(H,24,25). The fourth-order valence-corrected chi connectivity index (χ4v) is 4.73. The lowest BCUT2D eigenvalue weighted by Gasteiger charge is -2.37. The van der Waals surface area contributed by atoms with Crippen LogP contribution in [0.2, 0.25) is 0 Å². The number of ether oxygens (including phenoxy) is 2. The summed E-state index contributed by atoms with van der Waals surface area (Å²) in [7, 11) is 0. The van der Waals surface area contributed by atoms with Gasteiger partial charge in [-0.15, -0.1) is 0 Å². The van der Waals surface area contributed by atoms with Crippen LogP contribution in [0, 0.1) is 0 Å². The van der Waals surface area contributed by atoms with Crippen molar-refractivity contribution >= 4 is 5.96 Å². The maximum absolute atomic E-state index is 6.02. The van der Waals surface area contributed by atoms with Crippen LogP contribution in [-0.4, -0.2) is 79.9 Å². The van der Waals surface area contributed by atoms with E-state index in [1.807, 2.05) is 0 Å². The van der Waals surface area contributed by atoms with E-state index in [2.05, 4.69) is 52.4 Å². The highest BCUT2D eigenvalue weighted by Gasteiger charge is 2.32. The van der Waals surface area contributed by atoms with Gasteiger partial charge in [0.25, 0.3) is 0 Å². The van der Waals surface area contributed by atoms with Gasteiger partial charge >= 0.3 is 0 Å². The first kappa shape index (κ1) is 20.6. The molecule has 0 radical (unpaired) electrons. The molecule has 3 fully saturated rings. The van der Waals surface area contributed by atoms with Crippen LogP contribution < -0.4 is 5.32 Å². The van der Waals surface area contributed by atoms with Crippen LogP contribution >= 0.6 is 0 Å². The second-order valence-corrected chi connectivity index (χ2v) is 8.35. The van der Waals surface area contributed by atoms with Crippen LogP contribution in [0.1, 0.15) is 38.2 Å². The van der Waals surface area contributed by atoms with Crippen molar-refractivity contribution in [2.45, 2.75) is 57.4 Å². The molecule has 0 aliphatic carbocycles. The zero-order chi connectivity index (χ0) is 19.9. The van der Waals surface area contributed by atoms with Crippen LogP contribution in [-0.2, 0) is 16.0 Å². The van der Waals surface area contributed by atoms with Crippen molar-refractivity contribution < 1.29 is 9.47 Å². The van der Waals surface area contributed by atoms with Gasteiger partial charge < -0.3 is 19.7 Å². The maximum Gasteiger partial charge on any atom is 0.194 e. The molecule has 3 atom stereocenters. The predicted octanol–water partition coefficient (Wildman–Crippen LogP) is 2.50. The Balaban J connectivity index is 1.37. The van der Waals surface area contributed by atoms with Gasteiger partial charge in [0.15, 0.2) is 5.96 Å². The van der Waals surface area contributed by atoms with E-state index in [0.717, 1.165) is 64.7 Å². The number of guanidine groups is 1. The largest absolute Gasteiger partial charge is 0.375 e. The first-order chi connectivity index (χ1) is 14.3. The molecule has 1 aromatic carbocycles. The molecule has 6 nitrogen and oxygen atoms in total. The van der Waals surface area contributed by atoms with Gasteiger partial charge in [0, 0.05) is 38.8 Å². The summed E-state index contributed by atoms with van der Waals surface area (Å²) in [6.45, 7) is 9.47. The van der Waals surface area contributed by atoms with Crippen LogP contribution in [0.4, 0.5) is 0 Å². The first-order valence-corrected chi connectivity index (χ1v) is 11.4. The normalized spacial score (nSPS) is 28.8. The molecule has 3 saturated heterocycles. The predicted molar refractivity (Wildman–Crippen MR) is 116 cm³/mol. The molecular formula is C23H36N4O2. The topological polar surface area (TPSA) is 49.3 Å². The zero-order valence-electron chi connectivity index (χ0n) is 17.8. The van der Waals surface area contributed by atoms with E-state index in [4.69, 9.17) is 14.5 Å². The summed E-state index contributed by atoms with van der Waals surface area (Å²) in [5.74, 6) is 1.03. The van der Waals surface area contributed by atoms with Crippen LogP contribution in [0.25, 0.3) is 0 Å². The van der Waals surface area contributed by atoms with Crippen molar-refractivity contribution in [2.75, 3.05) is 45.9 Å². The molecule has 0 amide bonds. The smallest absolute Gasteiger partial charge is 0.194 e. The van der Waals surface area contributed by atoms with Crippen LogP contribution in [0.15, 0.2) is 35.3 Å². The minimum Gasteiger partial charge on any atom is -0.375 e. The van der Waals surface area contributed by atoms with Gasteiger partial charge in [-0.25, -0.2) is 0 Å². The average Bonchev–Trinajstić information content (AvgIpc) is 3.44. The van der Waals surface area contributed by atoms with E-state index in [-0.39, 0.29) is 12.2 Å². The Hall–Kier alpha value is -1.63. The number of morpholine rings is 1. The van der Waals surface area contributed by atoms with Gasteiger partial charge in [-0.1, -0.05) is 30.3 Å². The molecule has 6 heteroatoms.